The standard InChI is InChI=1S/C25H27BN4O2/c1-30(15-17-8-2-7-13-24(17)26(31)32)16-23-20-11-5-3-9-18(20)22(14-29-25(27)28)19-10-4-6-12-21(19)23/h2-13,31-32H,14-16H2,1H3,(H4,27,28,29)/p+1. The Morgan fingerprint density at radius 3 is 1.81 bits per heavy atom. The molecular formula is C25H28BN4O2+. The average molecular weight is 427 g/mol. The number of nitrogens with one attached hydrogen (secondary N) is 1. The summed E-state index contributed by atoms with van der Waals surface area (Å²) in [5.41, 5.74) is 15.2. The summed E-state index contributed by atoms with van der Waals surface area (Å²) < 4.78 is 0. The molecule has 6 nitrogen and oxygen atoms in total. The van der Waals surface area contributed by atoms with Crippen LogP contribution in [0.1, 0.15) is 16.7 Å². The number of guanidine groups is 1. The molecule has 0 aliphatic heterocycles. The first kappa shape index (κ1) is 21.8. The predicted molar refractivity (Wildman–Crippen MR) is 131 cm³/mol. The molecule has 0 amide bonds. The molecular weight excluding hydrogens is 399 g/mol. The first-order valence-electron chi connectivity index (χ1n) is 10.6. The Hall–Kier alpha value is -3.39. The molecule has 0 aromatic heterocycles. The van der Waals surface area contributed by atoms with E-state index in [2.05, 4.69) is 46.3 Å². The highest BCUT2D eigenvalue weighted by molar-refractivity contribution is 6.59. The van der Waals surface area contributed by atoms with Crippen LogP contribution >= 0.6 is 0 Å². The van der Waals surface area contributed by atoms with Crippen molar-refractivity contribution in [1.29, 1.82) is 0 Å². The van der Waals surface area contributed by atoms with Crippen LogP contribution in [0, 0.1) is 0 Å². The van der Waals surface area contributed by atoms with E-state index in [0.717, 1.165) is 21.9 Å². The topological polar surface area (TPSA) is 110 Å². The van der Waals surface area contributed by atoms with Gasteiger partial charge in [0.05, 0.1) is 6.54 Å². The summed E-state index contributed by atoms with van der Waals surface area (Å²) in [4.78, 5) is 5.26. The zero-order valence-corrected chi connectivity index (χ0v) is 18.1. The lowest BCUT2D eigenvalue weighted by Gasteiger charge is -2.22. The van der Waals surface area contributed by atoms with Gasteiger partial charge in [0.2, 0.25) is 0 Å². The highest BCUT2D eigenvalue weighted by Crippen LogP contribution is 2.33. The van der Waals surface area contributed by atoms with Crippen molar-refractivity contribution < 1.29 is 15.0 Å². The molecule has 0 fully saturated rings. The van der Waals surface area contributed by atoms with Crippen LogP contribution in [0.15, 0.2) is 72.8 Å². The van der Waals surface area contributed by atoms with Crippen molar-refractivity contribution in [3.8, 4) is 0 Å². The van der Waals surface area contributed by atoms with Crippen molar-refractivity contribution in [3.63, 3.8) is 0 Å². The molecule has 0 atom stereocenters. The Morgan fingerprint density at radius 1 is 0.781 bits per heavy atom. The second-order valence-corrected chi connectivity index (χ2v) is 8.10. The van der Waals surface area contributed by atoms with Gasteiger partial charge in [0.1, 0.15) is 0 Å². The number of rotatable bonds is 7. The first-order valence-corrected chi connectivity index (χ1v) is 10.6. The highest BCUT2D eigenvalue weighted by Gasteiger charge is 2.18. The Morgan fingerprint density at radius 2 is 1.28 bits per heavy atom. The van der Waals surface area contributed by atoms with Gasteiger partial charge < -0.3 is 10.0 Å². The van der Waals surface area contributed by atoms with Gasteiger partial charge in [-0.25, -0.2) is 0 Å². The second kappa shape index (κ2) is 9.40. The van der Waals surface area contributed by atoms with E-state index >= 15 is 0 Å². The van der Waals surface area contributed by atoms with Gasteiger partial charge >= 0.3 is 13.1 Å². The third-order valence-corrected chi connectivity index (χ3v) is 5.83. The number of nitrogens with zero attached hydrogens (tertiary/aromatic N) is 1. The summed E-state index contributed by atoms with van der Waals surface area (Å²) in [6.45, 7) is 1.84. The van der Waals surface area contributed by atoms with Gasteiger partial charge in [0.15, 0.2) is 0 Å². The van der Waals surface area contributed by atoms with Gasteiger partial charge in [0, 0.05) is 18.7 Å². The van der Waals surface area contributed by atoms with Crippen LogP contribution in [0.2, 0.25) is 0 Å². The van der Waals surface area contributed by atoms with Gasteiger partial charge in [-0.05, 0) is 45.2 Å². The number of hydrogen-bond donors (Lipinski definition) is 5. The molecule has 0 unspecified atom stereocenters. The maximum Gasteiger partial charge on any atom is 0.488 e. The molecule has 7 heteroatoms. The largest absolute Gasteiger partial charge is 0.488 e. The van der Waals surface area contributed by atoms with E-state index in [1.54, 1.807) is 6.07 Å². The van der Waals surface area contributed by atoms with Crippen LogP contribution in [0.4, 0.5) is 0 Å². The predicted octanol–water partition coefficient (Wildman–Crippen LogP) is 0.159. The van der Waals surface area contributed by atoms with Crippen LogP contribution in [0.5, 0.6) is 0 Å². The molecule has 0 aliphatic carbocycles. The van der Waals surface area contributed by atoms with Crippen molar-refractivity contribution in [2.75, 3.05) is 7.05 Å². The summed E-state index contributed by atoms with van der Waals surface area (Å²) in [7, 11) is 0.559. The summed E-state index contributed by atoms with van der Waals surface area (Å²) in [6, 6.07) is 24.2. The van der Waals surface area contributed by atoms with Crippen molar-refractivity contribution in [3.05, 3.63) is 89.5 Å². The molecule has 4 rings (SSSR count). The van der Waals surface area contributed by atoms with E-state index in [0.29, 0.717) is 25.1 Å². The molecule has 0 saturated carbocycles. The van der Waals surface area contributed by atoms with Crippen LogP contribution in [-0.2, 0) is 19.6 Å². The van der Waals surface area contributed by atoms with Crippen molar-refractivity contribution in [1.82, 2.24) is 4.90 Å². The molecule has 4 aromatic rings. The van der Waals surface area contributed by atoms with E-state index in [4.69, 9.17) is 11.5 Å². The van der Waals surface area contributed by atoms with E-state index in [1.807, 2.05) is 37.4 Å². The molecule has 0 spiro atoms. The maximum absolute atomic E-state index is 9.72. The number of nitrogens with two attached hydrogens (primary N) is 2. The van der Waals surface area contributed by atoms with Crippen LogP contribution in [-0.4, -0.2) is 35.1 Å². The van der Waals surface area contributed by atoms with Gasteiger partial charge in [-0.1, -0.05) is 72.8 Å². The minimum atomic E-state index is -1.49. The first-order chi connectivity index (χ1) is 15.5. The number of benzene rings is 4. The Labute approximate surface area is 187 Å². The minimum absolute atomic E-state index is 0.201. The SMILES string of the molecule is CN(Cc1ccccc1B(O)O)Cc1c2ccccc2c(C[NH+]=C(N)N)c2ccccc12. The Balaban J connectivity index is 1.79. The van der Waals surface area contributed by atoms with Gasteiger partial charge in [-0.3, -0.25) is 21.4 Å². The molecule has 0 aliphatic rings. The fourth-order valence-electron chi connectivity index (χ4n) is 4.41. The summed E-state index contributed by atoms with van der Waals surface area (Å²) in [5, 5.41) is 24.1. The van der Waals surface area contributed by atoms with E-state index in [9.17, 15) is 10.0 Å². The zero-order valence-electron chi connectivity index (χ0n) is 18.1. The minimum Gasteiger partial charge on any atom is -0.423 e. The smallest absolute Gasteiger partial charge is 0.423 e. The summed E-state index contributed by atoms with van der Waals surface area (Å²) in [6.07, 6.45) is 0. The van der Waals surface area contributed by atoms with Crippen LogP contribution < -0.4 is 21.9 Å². The van der Waals surface area contributed by atoms with Crippen molar-refractivity contribution >= 4 is 40.1 Å². The number of fused-ring (bicyclic) bond motifs is 2. The normalized spacial score (nSPS) is 11.2. The Bertz CT molecular complexity index is 1230. The van der Waals surface area contributed by atoms with Gasteiger partial charge in [-0.15, -0.1) is 0 Å². The second-order valence-electron chi connectivity index (χ2n) is 8.10. The molecule has 162 valence electrons. The molecule has 7 N–H and O–H groups in total. The lowest BCUT2D eigenvalue weighted by molar-refractivity contribution is -0.476. The van der Waals surface area contributed by atoms with Crippen molar-refractivity contribution in [2.45, 2.75) is 19.6 Å². The Kier molecular flexibility index (Phi) is 6.41. The molecule has 0 radical (unpaired) electrons. The quantitative estimate of drug-likeness (QED) is 0.125. The lowest BCUT2D eigenvalue weighted by Crippen LogP contribution is -2.76. The van der Waals surface area contributed by atoms with E-state index in [-0.39, 0.29) is 5.96 Å². The molecule has 4 aromatic carbocycles. The van der Waals surface area contributed by atoms with Crippen LogP contribution in [0.25, 0.3) is 21.5 Å². The third-order valence-electron chi connectivity index (χ3n) is 5.83. The lowest BCUT2D eigenvalue weighted by atomic mass is 9.77. The average Bonchev–Trinajstić information content (AvgIpc) is 2.78. The number of hydrogen-bond acceptors (Lipinski definition) is 3. The van der Waals surface area contributed by atoms with Crippen LogP contribution in [0.3, 0.4) is 0 Å². The summed E-state index contributed by atoms with van der Waals surface area (Å²) in [5.74, 6) is 0.201. The molecule has 0 saturated heterocycles. The zero-order chi connectivity index (χ0) is 22.7. The molecule has 0 heterocycles. The van der Waals surface area contributed by atoms with Gasteiger partial charge in [-0.2, -0.15) is 0 Å². The van der Waals surface area contributed by atoms with Gasteiger partial charge in [0.25, 0.3) is 0 Å². The third kappa shape index (κ3) is 4.45. The van der Waals surface area contributed by atoms with E-state index < -0.39 is 7.12 Å². The highest BCUT2D eigenvalue weighted by atomic mass is 16.4. The van der Waals surface area contributed by atoms with Crippen molar-refractivity contribution in [2.24, 2.45) is 11.5 Å². The monoisotopic (exact) mass is 427 g/mol. The molecule has 0 bridgehead atoms. The van der Waals surface area contributed by atoms with E-state index in [1.165, 1.54) is 16.3 Å². The fraction of sp³-hybridized carbons (Fsp3) is 0.160. The maximum atomic E-state index is 9.72. The molecule has 32 heavy (non-hydrogen) atoms. The fourth-order valence-corrected chi connectivity index (χ4v) is 4.41. The summed E-state index contributed by atoms with van der Waals surface area (Å²) >= 11 is 0.